The smallest absolute Gasteiger partial charge is 0.312 e. The van der Waals surface area contributed by atoms with Crippen LogP contribution in [0, 0.1) is 11.3 Å². The van der Waals surface area contributed by atoms with Gasteiger partial charge in [-0.25, -0.2) is 12.7 Å². The number of hydrogen-bond donors (Lipinski definition) is 1. The molecule has 2 fully saturated rings. The third-order valence-electron chi connectivity index (χ3n) is 5.08. The van der Waals surface area contributed by atoms with E-state index in [0.29, 0.717) is 25.7 Å². The molecule has 0 unspecified atom stereocenters. The van der Waals surface area contributed by atoms with Crippen LogP contribution in [0.2, 0.25) is 0 Å². The summed E-state index contributed by atoms with van der Waals surface area (Å²) >= 11 is 0. The summed E-state index contributed by atoms with van der Waals surface area (Å²) in [7, 11) is -2.31. The number of carbonyl (C=O) groups excluding carboxylic acids is 1. The molecular formula is C15H25NO6S. The van der Waals surface area contributed by atoms with Gasteiger partial charge < -0.3 is 9.84 Å². The number of carbonyl (C=O) groups is 2. The highest BCUT2D eigenvalue weighted by Crippen LogP contribution is 2.39. The van der Waals surface area contributed by atoms with Crippen molar-refractivity contribution in [2.75, 3.05) is 26.0 Å². The Morgan fingerprint density at radius 2 is 1.74 bits per heavy atom. The van der Waals surface area contributed by atoms with Crippen molar-refractivity contribution in [3.05, 3.63) is 0 Å². The molecule has 1 aliphatic carbocycles. The number of nitrogens with zero attached hydrogens (tertiary/aromatic N) is 1. The minimum absolute atomic E-state index is 0.205. The van der Waals surface area contributed by atoms with Gasteiger partial charge in [-0.1, -0.05) is 19.3 Å². The monoisotopic (exact) mass is 347 g/mol. The fourth-order valence-corrected chi connectivity index (χ4v) is 5.73. The van der Waals surface area contributed by atoms with Crippen molar-refractivity contribution in [3.63, 3.8) is 0 Å². The van der Waals surface area contributed by atoms with Gasteiger partial charge >= 0.3 is 11.9 Å². The zero-order valence-electron chi connectivity index (χ0n) is 13.5. The highest BCUT2D eigenvalue weighted by Gasteiger charge is 2.46. The van der Waals surface area contributed by atoms with Crippen LogP contribution < -0.4 is 0 Å². The molecule has 0 aromatic heterocycles. The Balaban J connectivity index is 2.09. The molecule has 0 aromatic carbocycles. The lowest BCUT2D eigenvalue weighted by atomic mass is 9.75. The van der Waals surface area contributed by atoms with Gasteiger partial charge in [-0.05, 0) is 25.7 Å². The van der Waals surface area contributed by atoms with Gasteiger partial charge in [0.05, 0.1) is 24.2 Å². The normalized spacial score (nSPS) is 23.3. The van der Waals surface area contributed by atoms with E-state index in [9.17, 15) is 18.0 Å². The summed E-state index contributed by atoms with van der Waals surface area (Å²) in [5.41, 5.74) is -0.949. The van der Waals surface area contributed by atoms with Crippen LogP contribution in [0.4, 0.5) is 0 Å². The van der Waals surface area contributed by atoms with Gasteiger partial charge in [0.15, 0.2) is 0 Å². The van der Waals surface area contributed by atoms with Gasteiger partial charge in [0.25, 0.3) is 0 Å². The summed E-state index contributed by atoms with van der Waals surface area (Å²) in [6, 6.07) is 0. The maximum atomic E-state index is 12.7. The predicted octanol–water partition coefficient (Wildman–Crippen LogP) is 1.24. The Labute approximate surface area is 137 Å². The first kappa shape index (κ1) is 18.2. The lowest BCUT2D eigenvalue weighted by Crippen LogP contribution is -2.48. The van der Waals surface area contributed by atoms with Crippen molar-refractivity contribution in [1.29, 1.82) is 0 Å². The number of esters is 1. The van der Waals surface area contributed by atoms with Crippen LogP contribution in [0.1, 0.15) is 44.9 Å². The molecule has 0 amide bonds. The topological polar surface area (TPSA) is 101 Å². The molecule has 0 aromatic rings. The lowest BCUT2D eigenvalue weighted by molar-refractivity contribution is -0.153. The second-order valence-corrected chi connectivity index (χ2v) is 8.57. The molecule has 1 saturated heterocycles. The van der Waals surface area contributed by atoms with Crippen molar-refractivity contribution in [2.24, 2.45) is 11.3 Å². The van der Waals surface area contributed by atoms with Crippen LogP contribution in [0.15, 0.2) is 0 Å². The average molecular weight is 347 g/mol. The molecule has 0 spiro atoms. The predicted molar refractivity (Wildman–Crippen MR) is 83.3 cm³/mol. The molecular weight excluding hydrogens is 322 g/mol. The molecule has 2 rings (SSSR count). The Morgan fingerprint density at radius 1 is 1.17 bits per heavy atom. The van der Waals surface area contributed by atoms with Crippen LogP contribution in [-0.2, 0) is 24.3 Å². The number of ether oxygens (including phenoxy) is 1. The molecule has 7 nitrogen and oxygen atoms in total. The first-order chi connectivity index (χ1) is 10.8. The maximum absolute atomic E-state index is 12.7. The minimum Gasteiger partial charge on any atom is -0.481 e. The molecule has 1 aliphatic heterocycles. The van der Waals surface area contributed by atoms with Gasteiger partial charge in [0.2, 0.25) is 10.0 Å². The third-order valence-corrected chi connectivity index (χ3v) is 7.15. The summed E-state index contributed by atoms with van der Waals surface area (Å²) in [6.07, 6.45) is 4.36. The van der Waals surface area contributed by atoms with E-state index in [1.165, 1.54) is 11.4 Å². The number of carboxylic acids is 1. The SMILES string of the molecule is COC(=O)C1(CS(=O)(=O)N2CCC(C(=O)O)CC2)CCCCC1. The summed E-state index contributed by atoms with van der Waals surface area (Å²) in [4.78, 5) is 23.2. The average Bonchev–Trinajstić information content (AvgIpc) is 2.54. The van der Waals surface area contributed by atoms with Gasteiger partial charge in [0.1, 0.15) is 0 Å². The molecule has 132 valence electrons. The second-order valence-electron chi connectivity index (χ2n) is 6.60. The zero-order chi connectivity index (χ0) is 17.1. The summed E-state index contributed by atoms with van der Waals surface area (Å²) in [6.45, 7) is 0.410. The Hall–Kier alpha value is -1.15. The van der Waals surface area contributed by atoms with Crippen LogP contribution in [0.25, 0.3) is 0 Å². The highest BCUT2D eigenvalue weighted by atomic mass is 32.2. The van der Waals surface area contributed by atoms with Gasteiger partial charge in [-0.2, -0.15) is 0 Å². The van der Waals surface area contributed by atoms with Crippen molar-refractivity contribution in [3.8, 4) is 0 Å². The van der Waals surface area contributed by atoms with Crippen molar-refractivity contribution < 1.29 is 27.9 Å². The number of methoxy groups -OCH3 is 1. The van der Waals surface area contributed by atoms with Crippen molar-refractivity contribution in [1.82, 2.24) is 4.31 Å². The summed E-state index contributed by atoms with van der Waals surface area (Å²) in [5.74, 6) is -2.03. The molecule has 1 saturated carbocycles. The highest BCUT2D eigenvalue weighted by molar-refractivity contribution is 7.89. The van der Waals surface area contributed by atoms with E-state index in [0.717, 1.165) is 19.3 Å². The number of hydrogen-bond acceptors (Lipinski definition) is 5. The van der Waals surface area contributed by atoms with Gasteiger partial charge in [0, 0.05) is 13.1 Å². The van der Waals surface area contributed by atoms with Crippen molar-refractivity contribution >= 4 is 22.0 Å². The Kier molecular flexibility index (Phi) is 5.67. The van der Waals surface area contributed by atoms with Gasteiger partial charge in [-0.15, -0.1) is 0 Å². The molecule has 0 atom stereocenters. The first-order valence-corrected chi connectivity index (χ1v) is 9.71. The number of rotatable bonds is 5. The van der Waals surface area contributed by atoms with E-state index in [4.69, 9.17) is 9.84 Å². The number of piperidine rings is 1. The maximum Gasteiger partial charge on any atom is 0.312 e. The molecule has 23 heavy (non-hydrogen) atoms. The summed E-state index contributed by atoms with van der Waals surface area (Å²) in [5, 5.41) is 9.00. The fraction of sp³-hybridized carbons (Fsp3) is 0.867. The van der Waals surface area contributed by atoms with E-state index in [1.54, 1.807) is 0 Å². The van der Waals surface area contributed by atoms with Crippen molar-refractivity contribution in [2.45, 2.75) is 44.9 Å². The van der Waals surface area contributed by atoms with E-state index < -0.39 is 33.3 Å². The minimum atomic E-state index is -3.61. The Bertz CT molecular complexity index is 544. The van der Waals surface area contributed by atoms with E-state index >= 15 is 0 Å². The van der Waals surface area contributed by atoms with E-state index in [2.05, 4.69) is 0 Å². The number of sulfonamides is 1. The van der Waals surface area contributed by atoms with E-state index in [1.807, 2.05) is 0 Å². The zero-order valence-corrected chi connectivity index (χ0v) is 14.3. The van der Waals surface area contributed by atoms with E-state index in [-0.39, 0.29) is 18.8 Å². The molecule has 2 aliphatic rings. The van der Waals surface area contributed by atoms with Gasteiger partial charge in [-0.3, -0.25) is 9.59 Å². The quantitative estimate of drug-likeness (QED) is 0.751. The molecule has 0 radical (unpaired) electrons. The third kappa shape index (κ3) is 4.03. The Morgan fingerprint density at radius 3 is 2.22 bits per heavy atom. The van der Waals surface area contributed by atoms with Crippen LogP contribution in [-0.4, -0.2) is 55.7 Å². The molecule has 0 bridgehead atoms. The fourth-order valence-electron chi connectivity index (χ4n) is 3.67. The number of aliphatic carboxylic acids is 1. The molecule has 1 heterocycles. The lowest BCUT2D eigenvalue weighted by Gasteiger charge is -2.37. The molecule has 1 N–H and O–H groups in total. The first-order valence-electron chi connectivity index (χ1n) is 8.10. The number of carboxylic acid groups (broad SMARTS) is 1. The van der Waals surface area contributed by atoms with Crippen LogP contribution >= 0.6 is 0 Å². The van der Waals surface area contributed by atoms with Crippen LogP contribution in [0.5, 0.6) is 0 Å². The van der Waals surface area contributed by atoms with Crippen LogP contribution in [0.3, 0.4) is 0 Å². The second kappa shape index (κ2) is 7.17. The summed E-state index contributed by atoms with van der Waals surface area (Å²) < 4.78 is 31.7. The largest absolute Gasteiger partial charge is 0.481 e. The standard InChI is InChI=1S/C15H25NO6S/c1-22-14(19)15(7-3-2-4-8-15)11-23(20,21)16-9-5-12(6-10-16)13(17)18/h12H,2-11H2,1H3,(H,17,18). The molecule has 8 heteroatoms.